The van der Waals surface area contributed by atoms with E-state index in [1.807, 2.05) is 0 Å². The molecule has 2 aromatic rings. The van der Waals surface area contributed by atoms with Gasteiger partial charge in [0.25, 0.3) is 0 Å². The fourth-order valence-corrected chi connectivity index (χ4v) is 1.57. The number of ketones is 1. The van der Waals surface area contributed by atoms with Gasteiger partial charge in [-0.25, -0.2) is 0 Å². The minimum Gasteiger partial charge on any atom is -0.435 e. The van der Waals surface area contributed by atoms with E-state index >= 15 is 0 Å². The Hall–Kier alpha value is -2.50. The number of aromatic nitrogens is 1. The standard InChI is InChI=1S/C13H10F2N2O2/c14-13(15)19-10-6-8(5-9(16)7-10)12(18)11-3-1-2-4-17-11/h1-7,13H,16H2. The molecule has 6 heteroatoms. The van der Waals surface area contributed by atoms with Gasteiger partial charge in [0.1, 0.15) is 11.4 Å². The van der Waals surface area contributed by atoms with Crippen LogP contribution in [0.5, 0.6) is 5.75 Å². The number of halogens is 2. The maximum atomic E-state index is 12.1. The SMILES string of the molecule is Nc1cc(OC(F)F)cc(C(=O)c2ccccn2)c1. The molecular weight excluding hydrogens is 254 g/mol. The molecule has 2 N–H and O–H groups in total. The Labute approximate surface area is 107 Å². The van der Waals surface area contributed by atoms with Gasteiger partial charge in [0.2, 0.25) is 5.78 Å². The third kappa shape index (κ3) is 3.25. The van der Waals surface area contributed by atoms with Crippen LogP contribution in [-0.4, -0.2) is 17.4 Å². The lowest BCUT2D eigenvalue weighted by Gasteiger charge is -2.08. The Morgan fingerprint density at radius 1 is 1.26 bits per heavy atom. The molecular formula is C13H10F2N2O2. The van der Waals surface area contributed by atoms with Gasteiger partial charge in [-0.05, 0) is 24.3 Å². The molecule has 2 rings (SSSR count). The van der Waals surface area contributed by atoms with Crippen LogP contribution < -0.4 is 10.5 Å². The van der Waals surface area contributed by atoms with Gasteiger partial charge in [0.05, 0.1) is 0 Å². The highest BCUT2D eigenvalue weighted by Gasteiger charge is 2.13. The van der Waals surface area contributed by atoms with Crippen LogP contribution in [0.15, 0.2) is 42.6 Å². The molecule has 0 saturated carbocycles. The van der Waals surface area contributed by atoms with E-state index in [4.69, 9.17) is 5.73 Å². The van der Waals surface area contributed by atoms with Crippen molar-refractivity contribution in [3.8, 4) is 5.75 Å². The Kier molecular flexibility index (Phi) is 3.70. The molecule has 0 unspecified atom stereocenters. The maximum Gasteiger partial charge on any atom is 0.387 e. The second-order valence-electron chi connectivity index (χ2n) is 3.71. The Balaban J connectivity index is 2.34. The smallest absolute Gasteiger partial charge is 0.387 e. The summed E-state index contributed by atoms with van der Waals surface area (Å²) in [5.74, 6) is -0.568. The van der Waals surface area contributed by atoms with Crippen LogP contribution in [-0.2, 0) is 0 Å². The van der Waals surface area contributed by atoms with E-state index in [0.29, 0.717) is 0 Å². The van der Waals surface area contributed by atoms with E-state index in [1.54, 1.807) is 12.1 Å². The molecule has 0 aliphatic rings. The second kappa shape index (κ2) is 5.43. The molecule has 0 radical (unpaired) electrons. The van der Waals surface area contributed by atoms with Gasteiger partial charge >= 0.3 is 6.61 Å². The highest BCUT2D eigenvalue weighted by atomic mass is 19.3. The van der Waals surface area contributed by atoms with Crippen LogP contribution in [0, 0.1) is 0 Å². The predicted molar refractivity (Wildman–Crippen MR) is 65.2 cm³/mol. The van der Waals surface area contributed by atoms with Gasteiger partial charge in [-0.3, -0.25) is 9.78 Å². The Morgan fingerprint density at radius 2 is 2.05 bits per heavy atom. The van der Waals surface area contributed by atoms with Gasteiger partial charge < -0.3 is 10.5 Å². The number of pyridine rings is 1. The van der Waals surface area contributed by atoms with E-state index in [2.05, 4.69) is 9.72 Å². The number of rotatable bonds is 4. The van der Waals surface area contributed by atoms with Crippen LogP contribution in [0.25, 0.3) is 0 Å². The van der Waals surface area contributed by atoms with E-state index in [-0.39, 0.29) is 22.7 Å². The van der Waals surface area contributed by atoms with Crippen LogP contribution >= 0.6 is 0 Å². The van der Waals surface area contributed by atoms with Gasteiger partial charge in [0, 0.05) is 23.5 Å². The first-order chi connectivity index (χ1) is 9.06. The van der Waals surface area contributed by atoms with Crippen molar-refractivity contribution >= 4 is 11.5 Å². The minimum atomic E-state index is -2.97. The molecule has 19 heavy (non-hydrogen) atoms. The molecule has 0 atom stereocenters. The lowest BCUT2D eigenvalue weighted by Crippen LogP contribution is -2.07. The third-order valence-electron chi connectivity index (χ3n) is 2.31. The Bertz CT molecular complexity index is 588. The number of nitrogen functional groups attached to an aromatic ring is 1. The summed E-state index contributed by atoms with van der Waals surface area (Å²) in [6.07, 6.45) is 1.47. The number of hydrogen-bond acceptors (Lipinski definition) is 4. The second-order valence-corrected chi connectivity index (χ2v) is 3.71. The molecule has 0 aliphatic heterocycles. The van der Waals surface area contributed by atoms with Gasteiger partial charge in [0.15, 0.2) is 0 Å². The van der Waals surface area contributed by atoms with E-state index in [0.717, 1.165) is 0 Å². The average Bonchev–Trinajstić information content (AvgIpc) is 2.37. The molecule has 0 spiro atoms. The summed E-state index contributed by atoms with van der Waals surface area (Å²) in [4.78, 5) is 16.0. The molecule has 1 aromatic heterocycles. The van der Waals surface area contributed by atoms with E-state index < -0.39 is 12.4 Å². The summed E-state index contributed by atoms with van der Waals surface area (Å²) in [5.41, 5.74) is 6.07. The van der Waals surface area contributed by atoms with E-state index in [1.165, 1.54) is 30.5 Å². The zero-order valence-electron chi connectivity index (χ0n) is 9.72. The fourth-order valence-electron chi connectivity index (χ4n) is 1.57. The number of anilines is 1. The third-order valence-corrected chi connectivity index (χ3v) is 2.31. The van der Waals surface area contributed by atoms with Crippen LogP contribution in [0.1, 0.15) is 16.1 Å². The molecule has 1 aromatic carbocycles. The number of benzene rings is 1. The van der Waals surface area contributed by atoms with Crippen molar-refractivity contribution in [2.45, 2.75) is 6.61 Å². The lowest BCUT2D eigenvalue weighted by molar-refractivity contribution is -0.0498. The fraction of sp³-hybridized carbons (Fsp3) is 0.0769. The Morgan fingerprint density at radius 3 is 2.68 bits per heavy atom. The number of nitrogens with zero attached hydrogens (tertiary/aromatic N) is 1. The summed E-state index contributed by atoms with van der Waals surface area (Å²) < 4.78 is 28.5. The molecule has 0 bridgehead atoms. The number of carbonyl (C=O) groups excluding carboxylic acids is 1. The number of nitrogens with two attached hydrogens (primary N) is 1. The first-order valence-electron chi connectivity index (χ1n) is 5.37. The van der Waals surface area contributed by atoms with Crippen molar-refractivity contribution < 1.29 is 18.3 Å². The zero-order valence-corrected chi connectivity index (χ0v) is 9.72. The van der Waals surface area contributed by atoms with Crippen LogP contribution in [0.3, 0.4) is 0 Å². The highest BCUT2D eigenvalue weighted by molar-refractivity contribution is 6.08. The highest BCUT2D eigenvalue weighted by Crippen LogP contribution is 2.22. The summed E-state index contributed by atoms with van der Waals surface area (Å²) in [7, 11) is 0. The summed E-state index contributed by atoms with van der Waals surface area (Å²) in [6, 6.07) is 8.67. The molecule has 0 fully saturated rings. The maximum absolute atomic E-state index is 12.1. The summed E-state index contributed by atoms with van der Waals surface area (Å²) in [5, 5.41) is 0. The van der Waals surface area contributed by atoms with E-state index in [9.17, 15) is 13.6 Å². The number of alkyl halides is 2. The first kappa shape index (κ1) is 12.9. The summed E-state index contributed by atoms with van der Waals surface area (Å²) in [6.45, 7) is -2.97. The van der Waals surface area contributed by atoms with Crippen LogP contribution in [0.2, 0.25) is 0 Å². The average molecular weight is 264 g/mol. The predicted octanol–water partition coefficient (Wildman–Crippen LogP) is 2.50. The molecule has 1 heterocycles. The molecule has 0 aliphatic carbocycles. The monoisotopic (exact) mass is 264 g/mol. The van der Waals surface area contributed by atoms with Crippen molar-refractivity contribution in [1.82, 2.24) is 4.98 Å². The number of carbonyl (C=O) groups is 1. The van der Waals surface area contributed by atoms with Crippen LogP contribution in [0.4, 0.5) is 14.5 Å². The lowest BCUT2D eigenvalue weighted by atomic mass is 10.1. The zero-order chi connectivity index (χ0) is 13.8. The normalized spacial score (nSPS) is 10.5. The van der Waals surface area contributed by atoms with Crippen molar-refractivity contribution in [1.29, 1.82) is 0 Å². The van der Waals surface area contributed by atoms with Gasteiger partial charge in [-0.15, -0.1) is 0 Å². The van der Waals surface area contributed by atoms with Gasteiger partial charge in [-0.2, -0.15) is 8.78 Å². The molecule has 4 nitrogen and oxygen atoms in total. The molecule has 98 valence electrons. The first-order valence-corrected chi connectivity index (χ1v) is 5.37. The van der Waals surface area contributed by atoms with Crippen molar-refractivity contribution in [3.63, 3.8) is 0 Å². The quantitative estimate of drug-likeness (QED) is 0.680. The molecule has 0 amide bonds. The minimum absolute atomic E-state index is 0.148. The topological polar surface area (TPSA) is 65.2 Å². The number of hydrogen-bond donors (Lipinski definition) is 1. The van der Waals surface area contributed by atoms with Crippen molar-refractivity contribution in [2.24, 2.45) is 0 Å². The van der Waals surface area contributed by atoms with Gasteiger partial charge in [-0.1, -0.05) is 6.07 Å². The summed E-state index contributed by atoms with van der Waals surface area (Å²) >= 11 is 0. The van der Waals surface area contributed by atoms with Crippen molar-refractivity contribution in [2.75, 3.05) is 5.73 Å². The molecule has 0 saturated heterocycles. The largest absolute Gasteiger partial charge is 0.435 e. The number of ether oxygens (including phenoxy) is 1. The van der Waals surface area contributed by atoms with Crippen molar-refractivity contribution in [3.05, 3.63) is 53.9 Å².